The van der Waals surface area contributed by atoms with E-state index in [1.165, 1.54) is 5.56 Å². The number of aromatic nitrogens is 2. The van der Waals surface area contributed by atoms with Crippen LogP contribution in [0.1, 0.15) is 24.0 Å². The van der Waals surface area contributed by atoms with Gasteiger partial charge in [0, 0.05) is 28.8 Å². The van der Waals surface area contributed by atoms with Crippen molar-refractivity contribution in [2.75, 3.05) is 23.3 Å². The molecule has 0 spiro atoms. The first-order valence-corrected chi connectivity index (χ1v) is 11.0. The van der Waals surface area contributed by atoms with Gasteiger partial charge in [0.15, 0.2) is 5.82 Å². The van der Waals surface area contributed by atoms with E-state index in [2.05, 4.69) is 55.4 Å². The summed E-state index contributed by atoms with van der Waals surface area (Å²) in [4.78, 5) is 15.0. The van der Waals surface area contributed by atoms with E-state index in [0.29, 0.717) is 6.54 Å². The van der Waals surface area contributed by atoms with Crippen molar-refractivity contribution in [1.29, 1.82) is 0 Å². The second-order valence-corrected chi connectivity index (χ2v) is 8.74. The Kier molecular flexibility index (Phi) is 6.13. The molecule has 1 aliphatic heterocycles. The Labute approximate surface area is 185 Å². The van der Waals surface area contributed by atoms with Gasteiger partial charge in [0.1, 0.15) is 0 Å². The van der Waals surface area contributed by atoms with Crippen LogP contribution in [0.5, 0.6) is 0 Å². The molecule has 1 atom stereocenters. The number of carbonyl (C=O) groups is 1. The van der Waals surface area contributed by atoms with Crippen molar-refractivity contribution in [1.82, 2.24) is 10.2 Å². The van der Waals surface area contributed by atoms with Gasteiger partial charge >= 0.3 is 0 Å². The van der Waals surface area contributed by atoms with Crippen LogP contribution >= 0.6 is 15.9 Å². The van der Waals surface area contributed by atoms with Crippen LogP contribution in [0.4, 0.5) is 11.5 Å². The standard InChI is InChI=1S/C24H25BrN4O/c1-16-5-3-6-18(13-16)22-10-11-23(28-27-22)29-12-4-7-19(15-29)24(30)26-20-8-9-21(25)17(2)14-20/h3,5-6,8-11,13-14,19H,4,7,12,15H2,1-2H3,(H,26,30)/t19-/m0/s1. The van der Waals surface area contributed by atoms with Crippen LogP contribution in [0.15, 0.2) is 59.1 Å². The summed E-state index contributed by atoms with van der Waals surface area (Å²) < 4.78 is 1.04. The molecule has 1 amide bonds. The van der Waals surface area contributed by atoms with Crippen molar-refractivity contribution in [3.05, 3.63) is 70.2 Å². The maximum absolute atomic E-state index is 12.8. The number of benzene rings is 2. The fraction of sp³-hybridized carbons (Fsp3) is 0.292. The summed E-state index contributed by atoms with van der Waals surface area (Å²) in [5.41, 5.74) is 5.06. The number of amides is 1. The number of aryl methyl sites for hydroxylation is 2. The first-order chi connectivity index (χ1) is 14.5. The second kappa shape index (κ2) is 8.96. The van der Waals surface area contributed by atoms with Crippen molar-refractivity contribution in [3.8, 4) is 11.3 Å². The van der Waals surface area contributed by atoms with Crippen LogP contribution in [0, 0.1) is 19.8 Å². The van der Waals surface area contributed by atoms with E-state index in [4.69, 9.17) is 0 Å². The molecule has 2 heterocycles. The third kappa shape index (κ3) is 4.70. The predicted molar refractivity (Wildman–Crippen MR) is 125 cm³/mol. The Morgan fingerprint density at radius 3 is 2.70 bits per heavy atom. The van der Waals surface area contributed by atoms with E-state index in [0.717, 1.165) is 52.2 Å². The first-order valence-electron chi connectivity index (χ1n) is 10.2. The van der Waals surface area contributed by atoms with E-state index in [1.54, 1.807) is 0 Å². The molecule has 3 aromatic rings. The monoisotopic (exact) mass is 464 g/mol. The van der Waals surface area contributed by atoms with Gasteiger partial charge < -0.3 is 10.2 Å². The summed E-state index contributed by atoms with van der Waals surface area (Å²) in [6.07, 6.45) is 1.84. The number of rotatable bonds is 4. The van der Waals surface area contributed by atoms with Gasteiger partial charge in [0.25, 0.3) is 0 Å². The van der Waals surface area contributed by atoms with Crippen LogP contribution in [-0.4, -0.2) is 29.2 Å². The predicted octanol–water partition coefficient (Wildman–Crippen LogP) is 5.38. The van der Waals surface area contributed by atoms with Gasteiger partial charge in [-0.1, -0.05) is 39.7 Å². The van der Waals surface area contributed by atoms with Crippen molar-refractivity contribution < 1.29 is 4.79 Å². The third-order valence-corrected chi connectivity index (χ3v) is 6.40. The van der Waals surface area contributed by atoms with E-state index >= 15 is 0 Å². The van der Waals surface area contributed by atoms with Gasteiger partial charge in [0.05, 0.1) is 11.6 Å². The molecular formula is C24H25BrN4O. The molecule has 1 aromatic heterocycles. The SMILES string of the molecule is Cc1cccc(-c2ccc(N3CCC[C@H](C(=O)Nc4ccc(Br)c(C)c4)C3)nn2)c1. The second-order valence-electron chi connectivity index (χ2n) is 7.88. The van der Waals surface area contributed by atoms with Gasteiger partial charge in [-0.15, -0.1) is 10.2 Å². The number of carbonyl (C=O) groups excluding carboxylic acids is 1. The number of halogens is 1. The molecule has 154 valence electrons. The lowest BCUT2D eigenvalue weighted by atomic mass is 9.97. The molecule has 0 bridgehead atoms. The molecule has 0 unspecified atom stereocenters. The normalized spacial score (nSPS) is 16.4. The zero-order valence-corrected chi connectivity index (χ0v) is 18.8. The zero-order valence-electron chi connectivity index (χ0n) is 17.2. The molecule has 1 aliphatic rings. The molecular weight excluding hydrogens is 440 g/mol. The Bertz CT molecular complexity index is 1050. The molecule has 5 nitrogen and oxygen atoms in total. The highest BCUT2D eigenvalue weighted by Gasteiger charge is 2.27. The van der Waals surface area contributed by atoms with E-state index < -0.39 is 0 Å². The quantitative estimate of drug-likeness (QED) is 0.562. The number of anilines is 2. The minimum atomic E-state index is -0.0686. The van der Waals surface area contributed by atoms with Crippen molar-refractivity contribution >= 4 is 33.3 Å². The van der Waals surface area contributed by atoms with Crippen molar-refractivity contribution in [3.63, 3.8) is 0 Å². The summed E-state index contributed by atoms with van der Waals surface area (Å²) in [6, 6.07) is 18.1. The molecule has 4 rings (SSSR count). The molecule has 0 aliphatic carbocycles. The molecule has 0 radical (unpaired) electrons. The fourth-order valence-electron chi connectivity index (χ4n) is 3.82. The van der Waals surface area contributed by atoms with Crippen molar-refractivity contribution in [2.24, 2.45) is 5.92 Å². The first kappa shape index (κ1) is 20.5. The smallest absolute Gasteiger partial charge is 0.229 e. The van der Waals surface area contributed by atoms with Crippen LogP contribution in [-0.2, 0) is 4.79 Å². The van der Waals surface area contributed by atoms with Gasteiger partial charge in [0.2, 0.25) is 5.91 Å². The Morgan fingerprint density at radius 2 is 1.97 bits per heavy atom. The van der Waals surface area contributed by atoms with E-state index in [9.17, 15) is 4.79 Å². The molecule has 30 heavy (non-hydrogen) atoms. The fourth-order valence-corrected chi connectivity index (χ4v) is 4.06. The van der Waals surface area contributed by atoms with Gasteiger partial charge in [-0.3, -0.25) is 4.79 Å². The van der Waals surface area contributed by atoms with Crippen LogP contribution in [0.3, 0.4) is 0 Å². The van der Waals surface area contributed by atoms with Crippen LogP contribution < -0.4 is 10.2 Å². The number of nitrogens with one attached hydrogen (secondary N) is 1. The molecule has 0 saturated carbocycles. The third-order valence-electron chi connectivity index (χ3n) is 5.51. The lowest BCUT2D eigenvalue weighted by molar-refractivity contribution is -0.120. The van der Waals surface area contributed by atoms with Gasteiger partial charge in [-0.2, -0.15) is 0 Å². The summed E-state index contributed by atoms with van der Waals surface area (Å²) in [6.45, 7) is 5.63. The summed E-state index contributed by atoms with van der Waals surface area (Å²) in [5.74, 6) is 0.815. The molecule has 6 heteroatoms. The number of hydrogen-bond acceptors (Lipinski definition) is 4. The molecule has 1 saturated heterocycles. The molecule has 2 aromatic carbocycles. The average Bonchev–Trinajstić information content (AvgIpc) is 2.76. The lowest BCUT2D eigenvalue weighted by Gasteiger charge is -2.32. The van der Waals surface area contributed by atoms with E-state index in [1.807, 2.05) is 49.4 Å². The number of nitrogens with zero attached hydrogens (tertiary/aromatic N) is 3. The zero-order chi connectivity index (χ0) is 21.1. The number of piperidine rings is 1. The summed E-state index contributed by atoms with van der Waals surface area (Å²) >= 11 is 3.50. The van der Waals surface area contributed by atoms with Crippen LogP contribution in [0.25, 0.3) is 11.3 Å². The highest BCUT2D eigenvalue weighted by atomic mass is 79.9. The summed E-state index contributed by atoms with van der Waals surface area (Å²) in [5, 5.41) is 11.9. The maximum atomic E-state index is 12.8. The highest BCUT2D eigenvalue weighted by Crippen LogP contribution is 2.25. The maximum Gasteiger partial charge on any atom is 0.229 e. The largest absolute Gasteiger partial charge is 0.354 e. The molecule has 1 fully saturated rings. The number of hydrogen-bond donors (Lipinski definition) is 1. The summed E-state index contributed by atoms with van der Waals surface area (Å²) in [7, 11) is 0. The topological polar surface area (TPSA) is 58.1 Å². The van der Waals surface area contributed by atoms with Crippen LogP contribution in [0.2, 0.25) is 0 Å². The highest BCUT2D eigenvalue weighted by molar-refractivity contribution is 9.10. The van der Waals surface area contributed by atoms with Gasteiger partial charge in [-0.05, 0) is 68.7 Å². The Morgan fingerprint density at radius 1 is 1.10 bits per heavy atom. The van der Waals surface area contributed by atoms with E-state index in [-0.39, 0.29) is 11.8 Å². The Balaban J connectivity index is 1.43. The lowest BCUT2D eigenvalue weighted by Crippen LogP contribution is -2.41. The minimum absolute atomic E-state index is 0.0609. The average molecular weight is 465 g/mol. The molecule has 1 N–H and O–H groups in total. The minimum Gasteiger partial charge on any atom is -0.354 e. The Hall–Kier alpha value is -2.73. The van der Waals surface area contributed by atoms with Gasteiger partial charge in [-0.25, -0.2) is 0 Å². The van der Waals surface area contributed by atoms with Crippen molar-refractivity contribution in [2.45, 2.75) is 26.7 Å².